The van der Waals surface area contributed by atoms with E-state index < -0.39 is 0 Å². The van der Waals surface area contributed by atoms with E-state index in [0.717, 1.165) is 12.2 Å². The SMILES string of the molecule is CNC1CC(Oc2cccc(C)c2C)C1OC. The molecular formula is C14H21NO2. The second-order valence-corrected chi connectivity index (χ2v) is 4.69. The van der Waals surface area contributed by atoms with Gasteiger partial charge in [-0.05, 0) is 38.1 Å². The van der Waals surface area contributed by atoms with Gasteiger partial charge in [-0.15, -0.1) is 0 Å². The van der Waals surface area contributed by atoms with Crippen molar-refractivity contribution >= 4 is 0 Å². The van der Waals surface area contributed by atoms with Crippen molar-refractivity contribution in [3.8, 4) is 5.75 Å². The van der Waals surface area contributed by atoms with E-state index in [-0.39, 0.29) is 12.2 Å². The van der Waals surface area contributed by atoms with Crippen molar-refractivity contribution in [2.75, 3.05) is 14.2 Å². The monoisotopic (exact) mass is 235 g/mol. The molecule has 1 fully saturated rings. The van der Waals surface area contributed by atoms with Crippen molar-refractivity contribution < 1.29 is 9.47 Å². The summed E-state index contributed by atoms with van der Waals surface area (Å²) >= 11 is 0. The number of nitrogens with one attached hydrogen (secondary N) is 1. The smallest absolute Gasteiger partial charge is 0.128 e. The standard InChI is InChI=1S/C14H21NO2/c1-9-6-5-7-12(10(9)2)17-13-8-11(15-3)14(13)16-4/h5-7,11,13-15H,8H2,1-4H3. The van der Waals surface area contributed by atoms with Gasteiger partial charge in [0.2, 0.25) is 0 Å². The molecule has 94 valence electrons. The van der Waals surface area contributed by atoms with Crippen LogP contribution in [0.1, 0.15) is 17.5 Å². The van der Waals surface area contributed by atoms with Crippen molar-refractivity contribution in [1.29, 1.82) is 0 Å². The number of benzene rings is 1. The van der Waals surface area contributed by atoms with E-state index in [1.165, 1.54) is 11.1 Å². The number of methoxy groups -OCH3 is 1. The summed E-state index contributed by atoms with van der Waals surface area (Å²) in [6.45, 7) is 4.20. The first-order valence-electron chi connectivity index (χ1n) is 6.10. The predicted octanol–water partition coefficient (Wildman–Crippen LogP) is 2.06. The fourth-order valence-corrected chi connectivity index (χ4v) is 2.31. The van der Waals surface area contributed by atoms with Crippen LogP contribution in [0, 0.1) is 13.8 Å². The third kappa shape index (κ3) is 2.31. The summed E-state index contributed by atoms with van der Waals surface area (Å²) in [5.41, 5.74) is 2.48. The van der Waals surface area contributed by atoms with Crippen LogP contribution in [0.4, 0.5) is 0 Å². The van der Waals surface area contributed by atoms with Gasteiger partial charge in [0.05, 0.1) is 0 Å². The lowest BCUT2D eigenvalue weighted by molar-refractivity contribution is -0.0871. The minimum Gasteiger partial charge on any atom is -0.487 e. The van der Waals surface area contributed by atoms with Gasteiger partial charge in [-0.2, -0.15) is 0 Å². The maximum Gasteiger partial charge on any atom is 0.128 e. The van der Waals surface area contributed by atoms with E-state index in [1.54, 1.807) is 7.11 Å². The highest BCUT2D eigenvalue weighted by Gasteiger charge is 2.42. The van der Waals surface area contributed by atoms with Crippen molar-refractivity contribution in [3.05, 3.63) is 29.3 Å². The highest BCUT2D eigenvalue weighted by Crippen LogP contribution is 2.30. The van der Waals surface area contributed by atoms with Crippen LogP contribution >= 0.6 is 0 Å². The highest BCUT2D eigenvalue weighted by molar-refractivity contribution is 5.38. The first-order valence-corrected chi connectivity index (χ1v) is 6.10. The molecule has 0 aliphatic heterocycles. The van der Waals surface area contributed by atoms with Crippen LogP contribution in [0.5, 0.6) is 5.75 Å². The Morgan fingerprint density at radius 3 is 2.71 bits per heavy atom. The first-order chi connectivity index (χ1) is 8.17. The lowest BCUT2D eigenvalue weighted by atomic mass is 9.85. The molecule has 2 rings (SSSR count). The quantitative estimate of drug-likeness (QED) is 0.866. The molecular weight excluding hydrogens is 214 g/mol. The molecule has 0 heterocycles. The van der Waals surface area contributed by atoms with E-state index in [9.17, 15) is 0 Å². The fraction of sp³-hybridized carbons (Fsp3) is 0.571. The topological polar surface area (TPSA) is 30.5 Å². The van der Waals surface area contributed by atoms with Crippen molar-refractivity contribution in [2.24, 2.45) is 0 Å². The van der Waals surface area contributed by atoms with Gasteiger partial charge < -0.3 is 14.8 Å². The molecule has 1 N–H and O–H groups in total. The van der Waals surface area contributed by atoms with Crippen LogP contribution in [-0.2, 0) is 4.74 Å². The predicted molar refractivity (Wildman–Crippen MR) is 68.6 cm³/mol. The van der Waals surface area contributed by atoms with Gasteiger partial charge in [0, 0.05) is 19.6 Å². The summed E-state index contributed by atoms with van der Waals surface area (Å²) < 4.78 is 11.5. The average Bonchev–Trinajstić information content (AvgIpc) is 2.29. The highest BCUT2D eigenvalue weighted by atomic mass is 16.5. The molecule has 0 spiro atoms. The summed E-state index contributed by atoms with van der Waals surface area (Å²) in [5.74, 6) is 0.978. The largest absolute Gasteiger partial charge is 0.487 e. The lowest BCUT2D eigenvalue weighted by Gasteiger charge is -2.43. The Morgan fingerprint density at radius 1 is 1.29 bits per heavy atom. The molecule has 1 aliphatic carbocycles. The summed E-state index contributed by atoms with van der Waals surface area (Å²) in [7, 11) is 3.71. The molecule has 0 bridgehead atoms. The molecule has 1 saturated carbocycles. The minimum atomic E-state index is 0.153. The Kier molecular flexibility index (Phi) is 3.69. The molecule has 0 saturated heterocycles. The van der Waals surface area contributed by atoms with Gasteiger partial charge in [0.1, 0.15) is 18.0 Å². The van der Waals surface area contributed by atoms with Crippen molar-refractivity contribution in [1.82, 2.24) is 5.32 Å². The molecule has 3 atom stereocenters. The van der Waals surface area contributed by atoms with Crippen LogP contribution in [0.25, 0.3) is 0 Å². The molecule has 3 unspecified atom stereocenters. The van der Waals surface area contributed by atoms with Crippen molar-refractivity contribution in [2.45, 2.75) is 38.5 Å². The second-order valence-electron chi connectivity index (χ2n) is 4.69. The molecule has 3 nitrogen and oxygen atoms in total. The summed E-state index contributed by atoms with van der Waals surface area (Å²) in [6, 6.07) is 6.58. The molecule has 1 aliphatic rings. The van der Waals surface area contributed by atoms with Crippen LogP contribution in [0.2, 0.25) is 0 Å². The van der Waals surface area contributed by atoms with Crippen molar-refractivity contribution in [3.63, 3.8) is 0 Å². The zero-order chi connectivity index (χ0) is 12.4. The van der Waals surface area contributed by atoms with E-state index >= 15 is 0 Å². The fourth-order valence-electron chi connectivity index (χ4n) is 2.31. The Balaban J connectivity index is 2.05. The molecule has 3 heteroatoms. The average molecular weight is 235 g/mol. The first kappa shape index (κ1) is 12.4. The summed E-state index contributed by atoms with van der Waals surface area (Å²) in [6.07, 6.45) is 1.32. The zero-order valence-corrected chi connectivity index (χ0v) is 11.0. The Hall–Kier alpha value is -1.06. The van der Waals surface area contributed by atoms with Crippen LogP contribution in [0.3, 0.4) is 0 Å². The van der Waals surface area contributed by atoms with Gasteiger partial charge in [0.15, 0.2) is 0 Å². The second kappa shape index (κ2) is 5.07. The summed E-state index contributed by atoms with van der Waals surface area (Å²) in [5, 5.41) is 3.24. The van der Waals surface area contributed by atoms with Gasteiger partial charge in [-0.25, -0.2) is 0 Å². The van der Waals surface area contributed by atoms with Gasteiger partial charge in [-0.3, -0.25) is 0 Å². The third-order valence-corrected chi connectivity index (χ3v) is 3.73. The minimum absolute atomic E-state index is 0.153. The van der Waals surface area contributed by atoms with Gasteiger partial charge in [-0.1, -0.05) is 12.1 Å². The molecule has 0 aromatic heterocycles. The molecule has 0 amide bonds. The number of hydrogen-bond donors (Lipinski definition) is 1. The Morgan fingerprint density at radius 2 is 2.06 bits per heavy atom. The molecule has 0 radical (unpaired) electrons. The van der Waals surface area contributed by atoms with Crippen LogP contribution < -0.4 is 10.1 Å². The molecule has 1 aromatic rings. The normalized spacial score (nSPS) is 27.6. The molecule has 17 heavy (non-hydrogen) atoms. The lowest BCUT2D eigenvalue weighted by Crippen LogP contribution is -2.60. The maximum absolute atomic E-state index is 6.03. The number of ether oxygens (including phenoxy) is 2. The molecule has 1 aromatic carbocycles. The van der Waals surface area contributed by atoms with E-state index in [0.29, 0.717) is 6.04 Å². The van der Waals surface area contributed by atoms with Crippen LogP contribution in [-0.4, -0.2) is 32.4 Å². The third-order valence-electron chi connectivity index (χ3n) is 3.73. The van der Waals surface area contributed by atoms with E-state index in [1.807, 2.05) is 19.2 Å². The van der Waals surface area contributed by atoms with E-state index in [2.05, 4.69) is 25.2 Å². The Bertz CT molecular complexity index is 392. The van der Waals surface area contributed by atoms with Gasteiger partial charge in [0.25, 0.3) is 0 Å². The number of likely N-dealkylation sites (N-methyl/N-ethyl adjacent to an activating group) is 1. The summed E-state index contributed by atoms with van der Waals surface area (Å²) in [4.78, 5) is 0. The number of aryl methyl sites for hydroxylation is 1. The van der Waals surface area contributed by atoms with E-state index in [4.69, 9.17) is 9.47 Å². The Labute approximate surface area is 103 Å². The number of hydrogen-bond acceptors (Lipinski definition) is 3. The zero-order valence-electron chi connectivity index (χ0n) is 11.0. The maximum atomic E-state index is 6.03. The van der Waals surface area contributed by atoms with Gasteiger partial charge >= 0.3 is 0 Å². The van der Waals surface area contributed by atoms with Crippen LogP contribution in [0.15, 0.2) is 18.2 Å². The number of rotatable bonds is 4.